The Kier molecular flexibility index (Phi) is 27.2. The van der Waals surface area contributed by atoms with Crippen molar-refractivity contribution in [3.05, 3.63) is 203 Å². The van der Waals surface area contributed by atoms with Crippen molar-refractivity contribution >= 4 is 105 Å². The zero-order chi connectivity index (χ0) is 88.2. The number of nitrogens with two attached hydrogens (primary N) is 1. The molecule has 127 heavy (non-hydrogen) atoms. The van der Waals surface area contributed by atoms with Crippen LogP contribution in [-0.2, 0) is 28.8 Å². The molecule has 0 saturated carbocycles. The van der Waals surface area contributed by atoms with Gasteiger partial charge in [-0.2, -0.15) is 0 Å². The number of carbonyl (C=O) groups excluding carboxylic acids is 9. The number of imide groups is 4. The number of piperidine rings is 2. The standard InChI is InChI=1S/C46H50FN11O5.C27H28FN7O2.C19H24N4O4/c47-31-10-5-9-30(27-31)35-14-8-22-56(35)40-18-17-38-50-28-37(58(38)53-40)33-12-7-15-39(51-33)55-25-23-54(24-26-55)29-42(60)49-21-4-2-1-3-20-48-34-13-6-11-32-43(34)46(63)57(45(32)62)36-16-19-41(59)52-44(36)61;28-20-5-1-4-19(16-20)22-7-3-11-34(22)26-10-9-24-29-17-23(35(24)31-26)21-6-2-8-25(30-21)33-14-12-32(13-15-33)18-27(36)37;20-10-3-1-2-4-11-21-13-7-5-6-12-16(13)19(27)23(18(12)26)14-8-9-15(24)22-17(14)25/h5-7,9-13,15,17-18,27-28,35-36,48H,1-4,8,14,16,19-26,29H2,(H,49,60)(H,52,59,61);1-2,4-6,8-10,16-17,22H,3,7,11-15,18H2,(H,36,37);5-7,14,21H,1-4,8-11,20H2,(H,22,24,25)/t35-,36?;22-;/m11./s1. The molecule has 35 heteroatoms. The van der Waals surface area contributed by atoms with Gasteiger partial charge in [0, 0.05) is 109 Å². The lowest BCUT2D eigenvalue weighted by atomic mass is 10.0. The molecule has 0 radical (unpaired) electrons. The van der Waals surface area contributed by atoms with Crippen molar-refractivity contribution in [2.24, 2.45) is 5.73 Å². The Balaban J connectivity index is 0.000000156. The van der Waals surface area contributed by atoms with E-state index in [9.17, 15) is 56.7 Å². The van der Waals surface area contributed by atoms with E-state index < -0.39 is 59.4 Å². The Morgan fingerprint density at radius 1 is 0.449 bits per heavy atom. The zero-order valence-corrected chi connectivity index (χ0v) is 70.5. The van der Waals surface area contributed by atoms with Gasteiger partial charge in [0.25, 0.3) is 23.6 Å². The van der Waals surface area contributed by atoms with E-state index >= 15 is 0 Å². The topological polar surface area (TPSA) is 389 Å². The molecule has 2 unspecified atom stereocenters. The minimum Gasteiger partial charge on any atom is -0.480 e. The molecule has 33 nitrogen and oxygen atoms in total. The van der Waals surface area contributed by atoms with Gasteiger partial charge >= 0.3 is 5.97 Å². The molecule has 4 atom stereocenters. The lowest BCUT2D eigenvalue weighted by molar-refractivity contribution is -0.139. The van der Waals surface area contributed by atoms with Gasteiger partial charge in [0.05, 0.1) is 71.2 Å². The first-order chi connectivity index (χ1) is 61.8. The third kappa shape index (κ3) is 19.8. The number of amides is 9. The molecule has 6 fully saturated rings. The number of unbranched alkanes of at least 4 members (excludes halogenated alkanes) is 6. The predicted molar refractivity (Wildman–Crippen MR) is 471 cm³/mol. The van der Waals surface area contributed by atoms with Gasteiger partial charge in [0.2, 0.25) is 29.5 Å². The van der Waals surface area contributed by atoms with Crippen LogP contribution in [0.25, 0.3) is 34.1 Å². The number of pyridine rings is 2. The number of halogens is 2. The molecule has 660 valence electrons. The summed E-state index contributed by atoms with van der Waals surface area (Å²) in [7, 11) is 0. The number of carbonyl (C=O) groups is 10. The molecule has 0 bridgehead atoms. The van der Waals surface area contributed by atoms with Crippen LogP contribution in [-0.4, -0.2) is 240 Å². The van der Waals surface area contributed by atoms with E-state index in [0.29, 0.717) is 62.8 Å². The van der Waals surface area contributed by atoms with E-state index in [0.717, 1.165) is 208 Å². The van der Waals surface area contributed by atoms with Crippen LogP contribution in [0.4, 0.5) is 43.4 Å². The average Bonchev–Trinajstić information content (AvgIpc) is 1.61. The second kappa shape index (κ2) is 39.8. The highest BCUT2D eigenvalue weighted by molar-refractivity contribution is 6.26. The Bertz CT molecular complexity index is 5790. The number of fused-ring (bicyclic) bond motifs is 4. The van der Waals surface area contributed by atoms with E-state index in [1.54, 1.807) is 73.1 Å². The number of rotatable bonds is 29. The second-order valence-electron chi connectivity index (χ2n) is 32.9. The molecule has 14 heterocycles. The summed E-state index contributed by atoms with van der Waals surface area (Å²) in [5, 5.41) is 33.0. The molecule has 10 aromatic rings. The predicted octanol–water partition coefficient (Wildman–Crippen LogP) is 9.08. The van der Waals surface area contributed by atoms with Crippen LogP contribution in [0.2, 0.25) is 0 Å². The van der Waals surface area contributed by atoms with Crippen LogP contribution >= 0.6 is 0 Å². The first-order valence-corrected chi connectivity index (χ1v) is 43.8. The smallest absolute Gasteiger partial charge is 0.317 e. The summed E-state index contributed by atoms with van der Waals surface area (Å²) in [4.78, 5) is 157. The highest BCUT2D eigenvalue weighted by Gasteiger charge is 2.48. The van der Waals surface area contributed by atoms with Crippen molar-refractivity contribution < 1.29 is 61.8 Å². The minimum atomic E-state index is -1.00. The van der Waals surface area contributed by atoms with Crippen molar-refractivity contribution in [1.29, 1.82) is 0 Å². The quantitative estimate of drug-likeness (QED) is 0.0170. The summed E-state index contributed by atoms with van der Waals surface area (Å²) in [5.74, 6) is -1.98. The average molecular weight is 1730 g/mol. The van der Waals surface area contributed by atoms with Gasteiger partial charge in [0.1, 0.15) is 58.4 Å². The first-order valence-electron chi connectivity index (χ1n) is 43.8. The molecule has 4 aromatic carbocycles. The van der Waals surface area contributed by atoms with Crippen molar-refractivity contribution in [3.63, 3.8) is 0 Å². The third-order valence-electron chi connectivity index (χ3n) is 24.5. The van der Waals surface area contributed by atoms with E-state index in [1.165, 1.54) is 12.1 Å². The number of aromatic nitrogens is 8. The van der Waals surface area contributed by atoms with Gasteiger partial charge in [-0.1, -0.05) is 74.2 Å². The molecule has 0 aliphatic carbocycles. The van der Waals surface area contributed by atoms with Crippen LogP contribution < -0.4 is 51.9 Å². The summed E-state index contributed by atoms with van der Waals surface area (Å²) >= 11 is 0. The largest absolute Gasteiger partial charge is 0.480 e. The van der Waals surface area contributed by atoms with Crippen LogP contribution in [0.1, 0.15) is 167 Å². The lowest BCUT2D eigenvalue weighted by Gasteiger charge is -2.35. The molecule has 6 saturated heterocycles. The van der Waals surface area contributed by atoms with Crippen molar-refractivity contribution in [1.82, 2.24) is 74.7 Å². The normalized spacial score (nSPS) is 19.0. The number of piperazine rings is 2. The fourth-order valence-electron chi connectivity index (χ4n) is 18.0. The van der Waals surface area contributed by atoms with Gasteiger partial charge in [-0.05, 0) is 179 Å². The van der Waals surface area contributed by atoms with E-state index in [4.69, 9.17) is 31.0 Å². The fourth-order valence-corrected chi connectivity index (χ4v) is 18.0. The molecule has 9 amide bonds. The van der Waals surface area contributed by atoms with Gasteiger partial charge in [-0.3, -0.25) is 78.2 Å². The third-order valence-corrected chi connectivity index (χ3v) is 24.5. The van der Waals surface area contributed by atoms with Gasteiger partial charge in [-0.25, -0.2) is 37.7 Å². The van der Waals surface area contributed by atoms with Crippen LogP contribution in [0.5, 0.6) is 0 Å². The Morgan fingerprint density at radius 2 is 0.882 bits per heavy atom. The molecule has 8 aliphatic heterocycles. The number of nitrogens with one attached hydrogen (secondary N) is 5. The van der Waals surface area contributed by atoms with E-state index in [1.807, 2.05) is 86.7 Å². The lowest BCUT2D eigenvalue weighted by Crippen LogP contribution is -2.54. The number of carboxylic acids is 1. The number of carboxylic acid groups (broad SMARTS) is 1. The zero-order valence-electron chi connectivity index (χ0n) is 70.5. The van der Waals surface area contributed by atoms with Crippen molar-refractivity contribution in [2.75, 3.05) is 135 Å². The maximum atomic E-state index is 14.1. The monoisotopic (exact) mass is 1730 g/mol. The second-order valence-corrected chi connectivity index (χ2v) is 32.9. The Labute approximate surface area is 731 Å². The maximum Gasteiger partial charge on any atom is 0.317 e. The minimum absolute atomic E-state index is 0.00407. The fraction of sp³-hybridized carbons (Fsp3) is 0.391. The van der Waals surface area contributed by atoms with Crippen LogP contribution in [0, 0.1) is 11.6 Å². The number of hydrogen-bond acceptors (Lipinski definition) is 25. The number of aliphatic carboxylic acids is 1. The highest BCUT2D eigenvalue weighted by Crippen LogP contribution is 2.40. The summed E-state index contributed by atoms with van der Waals surface area (Å²) < 4.78 is 31.7. The highest BCUT2D eigenvalue weighted by atomic mass is 19.1. The summed E-state index contributed by atoms with van der Waals surface area (Å²) in [6.07, 6.45) is 15.4. The summed E-state index contributed by atoms with van der Waals surface area (Å²) in [5.41, 5.74) is 14.2. The SMILES string of the molecule is NCCCCCCNc1cccc2c1C(=O)N(C1CCC(=O)NC1=O)C2=O.O=C(CN1CCN(c2cccc(-c3cnc4ccc(N5CCC[C@@H]5c5cccc(F)c5)nn34)n2)CC1)NCCCCCCNc1cccc2c1C(=O)N(C1CCC(=O)NC1=O)C2=O.O=C(O)CN1CCN(c2cccc(-c3cnc4ccc(N5CCC[C@@H]5c5cccc(F)c5)nn34)n2)CC1. The van der Waals surface area contributed by atoms with Gasteiger partial charge in [-0.15, -0.1) is 10.2 Å². The van der Waals surface area contributed by atoms with Crippen LogP contribution in [0.3, 0.4) is 0 Å². The molecule has 0 spiro atoms. The molecule has 8 N–H and O–H groups in total. The Morgan fingerprint density at radius 3 is 1.32 bits per heavy atom. The summed E-state index contributed by atoms with van der Waals surface area (Å²) in [6.45, 7) is 10.4. The van der Waals surface area contributed by atoms with E-state index in [-0.39, 0.29) is 84.5 Å². The number of nitrogens with zero attached hydrogens (tertiary/aromatic N) is 16. The maximum absolute atomic E-state index is 14.1. The first kappa shape index (κ1) is 87.0. The number of hydrogen-bond donors (Lipinski definition) is 7. The van der Waals surface area contributed by atoms with Crippen molar-refractivity contribution in [2.45, 2.75) is 127 Å². The van der Waals surface area contributed by atoms with Crippen LogP contribution in [0.15, 0.2) is 158 Å². The number of imidazole rings is 2. The number of anilines is 6. The van der Waals surface area contributed by atoms with Crippen molar-refractivity contribution in [3.8, 4) is 22.8 Å². The molecular weight excluding hydrogens is 1630 g/mol. The van der Waals surface area contributed by atoms with E-state index in [2.05, 4.69) is 61.1 Å². The Hall–Kier alpha value is -13.5. The van der Waals surface area contributed by atoms with Gasteiger partial charge in [0.15, 0.2) is 11.3 Å². The summed E-state index contributed by atoms with van der Waals surface area (Å²) in [6, 6.07) is 41.7. The number of benzene rings is 4. The molecular formula is C92H102F2N22O11. The van der Waals surface area contributed by atoms with Gasteiger partial charge < -0.3 is 46.4 Å². The molecule has 6 aromatic heterocycles. The molecule has 8 aliphatic rings. The molecule has 18 rings (SSSR count).